The molecule has 0 aliphatic heterocycles. The molecule has 1 N–H and O–H groups in total. The number of aromatic nitrogens is 1. The third-order valence-corrected chi connectivity index (χ3v) is 5.45. The Morgan fingerprint density at radius 1 is 1.22 bits per heavy atom. The number of carbonyl (C=O) groups excluding carboxylic acids is 1. The topological polar surface area (TPSA) is 42.0 Å². The van der Waals surface area contributed by atoms with Gasteiger partial charge in [-0.2, -0.15) is 0 Å². The Bertz CT molecular complexity index is 855. The first-order valence-corrected chi connectivity index (χ1v) is 9.31. The smallest absolute Gasteiger partial charge is 0.230 e. The minimum Gasteiger partial charge on any atom is -0.302 e. The van der Waals surface area contributed by atoms with E-state index in [9.17, 15) is 4.79 Å². The van der Waals surface area contributed by atoms with Crippen molar-refractivity contribution < 1.29 is 4.79 Å². The molecule has 0 aliphatic rings. The van der Waals surface area contributed by atoms with Crippen LogP contribution in [0.4, 0.5) is 5.13 Å². The maximum atomic E-state index is 12.3. The second-order valence-corrected chi connectivity index (χ2v) is 8.54. The highest BCUT2D eigenvalue weighted by molar-refractivity contribution is 7.17. The van der Waals surface area contributed by atoms with Gasteiger partial charge in [-0.15, -0.1) is 22.7 Å². The van der Waals surface area contributed by atoms with Gasteiger partial charge >= 0.3 is 0 Å². The summed E-state index contributed by atoms with van der Waals surface area (Å²) in [4.78, 5) is 16.8. The maximum Gasteiger partial charge on any atom is 0.230 e. The number of thiophene rings is 1. The summed E-state index contributed by atoms with van der Waals surface area (Å²) >= 11 is 3.17. The van der Waals surface area contributed by atoms with E-state index in [1.54, 1.807) is 11.3 Å². The van der Waals surface area contributed by atoms with Crippen molar-refractivity contribution in [2.24, 2.45) is 0 Å². The zero-order chi connectivity index (χ0) is 16.6. The third-order valence-electron chi connectivity index (χ3n) is 3.68. The molecule has 1 aromatic carbocycles. The average Bonchev–Trinajstić information content (AvgIpc) is 3.06. The van der Waals surface area contributed by atoms with Crippen LogP contribution in [0.15, 0.2) is 29.0 Å². The van der Waals surface area contributed by atoms with Gasteiger partial charge in [0.25, 0.3) is 0 Å². The van der Waals surface area contributed by atoms with Crippen molar-refractivity contribution in [2.45, 2.75) is 39.5 Å². The van der Waals surface area contributed by atoms with E-state index in [4.69, 9.17) is 0 Å². The molecule has 2 aromatic heterocycles. The van der Waals surface area contributed by atoms with E-state index in [0.717, 1.165) is 11.3 Å². The molecule has 23 heavy (non-hydrogen) atoms. The number of rotatable bonds is 3. The monoisotopic (exact) mass is 344 g/mol. The van der Waals surface area contributed by atoms with E-state index < -0.39 is 0 Å². The van der Waals surface area contributed by atoms with E-state index in [0.29, 0.717) is 11.6 Å². The summed E-state index contributed by atoms with van der Waals surface area (Å²) in [6, 6.07) is 6.37. The van der Waals surface area contributed by atoms with Crippen molar-refractivity contribution in [1.29, 1.82) is 0 Å². The summed E-state index contributed by atoms with van der Waals surface area (Å²) in [6.45, 7) is 8.43. The van der Waals surface area contributed by atoms with Crippen LogP contribution in [0.2, 0.25) is 0 Å². The van der Waals surface area contributed by atoms with Gasteiger partial charge in [0.2, 0.25) is 5.91 Å². The molecule has 0 saturated carbocycles. The molecular weight excluding hydrogens is 324 g/mol. The highest BCUT2D eigenvalue weighted by Gasteiger charge is 2.18. The van der Waals surface area contributed by atoms with Gasteiger partial charge < -0.3 is 5.32 Å². The van der Waals surface area contributed by atoms with Crippen molar-refractivity contribution >= 4 is 43.8 Å². The Hall–Kier alpha value is -1.72. The van der Waals surface area contributed by atoms with Crippen molar-refractivity contribution in [3.05, 3.63) is 45.8 Å². The second-order valence-electron chi connectivity index (χ2n) is 6.77. The van der Waals surface area contributed by atoms with Crippen LogP contribution in [0, 0.1) is 6.92 Å². The Morgan fingerprint density at radius 2 is 2.00 bits per heavy atom. The van der Waals surface area contributed by atoms with Crippen LogP contribution in [0.25, 0.3) is 10.1 Å². The standard InChI is InChI=1S/C18H20N2OS2/c1-11-5-6-14-13(7-11)12(9-22-14)8-16(21)20-17-19-15(10-23-17)18(2,3)4/h5-7,9-10H,8H2,1-4H3,(H,19,20,21). The summed E-state index contributed by atoms with van der Waals surface area (Å²) < 4.78 is 1.22. The number of nitrogens with one attached hydrogen (secondary N) is 1. The normalized spacial score (nSPS) is 11.8. The number of amides is 1. The molecule has 3 nitrogen and oxygen atoms in total. The fraction of sp³-hybridized carbons (Fsp3) is 0.333. The Morgan fingerprint density at radius 3 is 2.70 bits per heavy atom. The van der Waals surface area contributed by atoms with Gasteiger partial charge in [0, 0.05) is 15.5 Å². The predicted octanol–water partition coefficient (Wildman–Crippen LogP) is 5.14. The lowest BCUT2D eigenvalue weighted by molar-refractivity contribution is -0.115. The van der Waals surface area contributed by atoms with E-state index >= 15 is 0 Å². The number of hydrogen-bond acceptors (Lipinski definition) is 4. The molecule has 0 bridgehead atoms. The number of anilines is 1. The minimum atomic E-state index is -0.0129. The molecular formula is C18H20N2OS2. The number of fused-ring (bicyclic) bond motifs is 1. The average molecular weight is 345 g/mol. The number of thiazole rings is 1. The van der Waals surface area contributed by atoms with E-state index in [1.165, 1.54) is 27.0 Å². The van der Waals surface area contributed by atoms with Crippen molar-refractivity contribution in [2.75, 3.05) is 5.32 Å². The number of nitrogens with zero attached hydrogens (tertiary/aromatic N) is 1. The number of carbonyl (C=O) groups is 1. The number of aryl methyl sites for hydroxylation is 1. The largest absolute Gasteiger partial charge is 0.302 e. The van der Waals surface area contributed by atoms with Crippen LogP contribution in [0.5, 0.6) is 0 Å². The van der Waals surface area contributed by atoms with E-state index in [2.05, 4.69) is 61.6 Å². The van der Waals surface area contributed by atoms with Gasteiger partial charge in [0.15, 0.2) is 5.13 Å². The highest BCUT2D eigenvalue weighted by Crippen LogP contribution is 2.29. The molecule has 0 radical (unpaired) electrons. The lowest BCUT2D eigenvalue weighted by Crippen LogP contribution is -2.15. The molecule has 0 fully saturated rings. The summed E-state index contributed by atoms with van der Waals surface area (Å²) in [6.07, 6.45) is 0.383. The first-order valence-electron chi connectivity index (χ1n) is 7.55. The number of benzene rings is 1. The lowest BCUT2D eigenvalue weighted by atomic mass is 9.93. The summed E-state index contributed by atoms with van der Waals surface area (Å²) in [5, 5.41) is 8.87. The van der Waals surface area contributed by atoms with Crippen LogP contribution < -0.4 is 5.32 Å². The summed E-state index contributed by atoms with van der Waals surface area (Å²) in [7, 11) is 0. The fourth-order valence-electron chi connectivity index (χ4n) is 2.34. The molecule has 0 unspecified atom stereocenters. The van der Waals surface area contributed by atoms with E-state index in [1.807, 2.05) is 5.38 Å². The zero-order valence-electron chi connectivity index (χ0n) is 13.8. The summed E-state index contributed by atoms with van der Waals surface area (Å²) in [5.74, 6) is -0.0129. The van der Waals surface area contributed by atoms with Gasteiger partial charge in [-0.05, 0) is 29.3 Å². The quantitative estimate of drug-likeness (QED) is 0.714. The Balaban J connectivity index is 1.74. The van der Waals surface area contributed by atoms with Crippen LogP contribution >= 0.6 is 22.7 Å². The molecule has 0 spiro atoms. The van der Waals surface area contributed by atoms with Gasteiger partial charge in [-0.3, -0.25) is 4.79 Å². The SMILES string of the molecule is Cc1ccc2scc(CC(=O)Nc3nc(C(C)(C)C)cs3)c2c1. The molecule has 120 valence electrons. The molecule has 3 rings (SSSR count). The molecule has 1 amide bonds. The second kappa shape index (κ2) is 6.06. The van der Waals surface area contributed by atoms with Crippen LogP contribution in [0.3, 0.4) is 0 Å². The molecule has 3 aromatic rings. The van der Waals surface area contributed by atoms with Crippen molar-refractivity contribution in [3.63, 3.8) is 0 Å². The van der Waals surface area contributed by atoms with Gasteiger partial charge in [-0.25, -0.2) is 4.98 Å². The molecule has 5 heteroatoms. The van der Waals surface area contributed by atoms with Crippen molar-refractivity contribution in [1.82, 2.24) is 4.98 Å². The zero-order valence-corrected chi connectivity index (χ0v) is 15.4. The molecule has 0 atom stereocenters. The first-order chi connectivity index (χ1) is 10.8. The van der Waals surface area contributed by atoms with Crippen molar-refractivity contribution in [3.8, 4) is 0 Å². The lowest BCUT2D eigenvalue weighted by Gasteiger charge is -2.14. The van der Waals surface area contributed by atoms with Gasteiger partial charge in [-0.1, -0.05) is 38.5 Å². The maximum absolute atomic E-state index is 12.3. The van der Waals surface area contributed by atoms with Crippen LogP contribution in [0.1, 0.15) is 37.6 Å². The minimum absolute atomic E-state index is 0.000560. The predicted molar refractivity (Wildman–Crippen MR) is 99.7 cm³/mol. The Labute approximate surface area is 144 Å². The van der Waals surface area contributed by atoms with Crippen LogP contribution in [-0.4, -0.2) is 10.9 Å². The first kappa shape index (κ1) is 16.1. The van der Waals surface area contributed by atoms with Gasteiger partial charge in [0.1, 0.15) is 0 Å². The Kier molecular flexibility index (Phi) is 4.25. The molecule has 0 aliphatic carbocycles. The molecule has 0 saturated heterocycles. The number of hydrogen-bond donors (Lipinski definition) is 1. The van der Waals surface area contributed by atoms with E-state index in [-0.39, 0.29) is 11.3 Å². The van der Waals surface area contributed by atoms with Gasteiger partial charge in [0.05, 0.1) is 12.1 Å². The fourth-order valence-corrected chi connectivity index (χ4v) is 4.24. The van der Waals surface area contributed by atoms with Crippen LogP contribution in [-0.2, 0) is 16.6 Å². The molecule has 2 heterocycles. The third kappa shape index (κ3) is 3.62. The summed E-state index contributed by atoms with van der Waals surface area (Å²) in [5.41, 5.74) is 3.31. The highest BCUT2D eigenvalue weighted by atomic mass is 32.1.